The molecule has 2 heterocycles. The molecule has 7 heteroatoms. The Morgan fingerprint density at radius 1 is 1.05 bits per heavy atom. The molecule has 0 aliphatic carbocycles. The molecular weight excluding hydrogens is 284 g/mol. The molecule has 4 atom stereocenters. The van der Waals surface area contributed by atoms with Gasteiger partial charge >= 0.3 is 12.1 Å². The summed E-state index contributed by atoms with van der Waals surface area (Å²) < 4.78 is 0. The number of para-hydroxylation sites is 1. The topological polar surface area (TPSA) is 84.9 Å². The van der Waals surface area contributed by atoms with Gasteiger partial charge in [-0.15, -0.1) is 0 Å². The van der Waals surface area contributed by atoms with E-state index in [0.717, 1.165) is 0 Å². The first-order valence-corrected chi connectivity index (χ1v) is 7.26. The van der Waals surface area contributed by atoms with Crippen molar-refractivity contribution in [3.05, 3.63) is 29.8 Å². The molecule has 2 fully saturated rings. The number of nitrogens with one attached hydrogen (secondary N) is 2. The molecule has 2 saturated heterocycles. The molecule has 0 spiro atoms. The number of nitrogens with zero attached hydrogens (tertiary/aromatic N) is 2. The average Bonchev–Trinajstić information content (AvgIpc) is 2.48. The van der Waals surface area contributed by atoms with Gasteiger partial charge in [-0.3, -0.25) is 0 Å². The third-order valence-electron chi connectivity index (χ3n) is 4.66. The van der Waals surface area contributed by atoms with Gasteiger partial charge < -0.3 is 25.5 Å². The highest BCUT2D eigenvalue weighted by Crippen LogP contribution is 2.41. The van der Waals surface area contributed by atoms with Crippen LogP contribution in [0.1, 0.15) is 18.5 Å². The van der Waals surface area contributed by atoms with Gasteiger partial charge in [-0.1, -0.05) is 18.2 Å². The zero-order chi connectivity index (χ0) is 16.0. The zero-order valence-corrected chi connectivity index (χ0v) is 12.8. The van der Waals surface area contributed by atoms with Crippen LogP contribution in [0.15, 0.2) is 24.3 Å². The fraction of sp³-hybridized carbons (Fsp3) is 0.467. The molecule has 2 aliphatic heterocycles. The Hall–Kier alpha value is -2.44. The lowest BCUT2D eigenvalue weighted by atomic mass is 9.81. The van der Waals surface area contributed by atoms with Crippen LogP contribution in [0.25, 0.3) is 0 Å². The van der Waals surface area contributed by atoms with Crippen LogP contribution in [0.3, 0.4) is 0 Å². The van der Waals surface area contributed by atoms with Crippen molar-refractivity contribution in [2.45, 2.75) is 25.2 Å². The van der Waals surface area contributed by atoms with E-state index < -0.39 is 6.17 Å². The van der Waals surface area contributed by atoms with Crippen molar-refractivity contribution in [1.82, 2.24) is 20.4 Å². The van der Waals surface area contributed by atoms with Gasteiger partial charge in [0.1, 0.15) is 11.9 Å². The Morgan fingerprint density at radius 2 is 1.68 bits per heavy atom. The van der Waals surface area contributed by atoms with E-state index in [2.05, 4.69) is 10.6 Å². The Labute approximate surface area is 128 Å². The molecule has 3 rings (SSSR count). The van der Waals surface area contributed by atoms with Crippen LogP contribution in [0, 0.1) is 5.92 Å². The lowest BCUT2D eigenvalue weighted by molar-refractivity contribution is 0.0241. The Morgan fingerprint density at radius 3 is 2.36 bits per heavy atom. The lowest BCUT2D eigenvalue weighted by Gasteiger charge is -2.52. The van der Waals surface area contributed by atoms with Gasteiger partial charge in [-0.05, 0) is 13.0 Å². The molecule has 118 valence electrons. The van der Waals surface area contributed by atoms with Crippen molar-refractivity contribution in [2.24, 2.45) is 5.92 Å². The summed E-state index contributed by atoms with van der Waals surface area (Å²) in [5.41, 5.74) is 0.686. The number of amides is 4. The van der Waals surface area contributed by atoms with Crippen LogP contribution >= 0.6 is 0 Å². The van der Waals surface area contributed by atoms with Crippen molar-refractivity contribution >= 4 is 12.1 Å². The first-order valence-electron chi connectivity index (χ1n) is 7.26. The largest absolute Gasteiger partial charge is 0.508 e. The van der Waals surface area contributed by atoms with E-state index in [1.165, 1.54) is 4.90 Å². The van der Waals surface area contributed by atoms with Gasteiger partial charge in [0.25, 0.3) is 0 Å². The molecule has 4 amide bonds. The fourth-order valence-electron chi connectivity index (χ4n) is 3.46. The first kappa shape index (κ1) is 14.5. The molecule has 3 N–H and O–H groups in total. The summed E-state index contributed by atoms with van der Waals surface area (Å²) in [5, 5.41) is 16.0. The highest BCUT2D eigenvalue weighted by Gasteiger charge is 2.50. The normalized spacial score (nSPS) is 31.4. The molecular formula is C15H20N4O3. The second-order valence-electron chi connectivity index (χ2n) is 5.94. The van der Waals surface area contributed by atoms with Gasteiger partial charge in [-0.25, -0.2) is 9.59 Å². The van der Waals surface area contributed by atoms with E-state index in [4.69, 9.17) is 0 Å². The summed E-state index contributed by atoms with van der Waals surface area (Å²) in [5.74, 6) is 0.0678. The number of aromatic hydroxyl groups is 1. The smallest absolute Gasteiger partial charge is 0.319 e. The number of carbonyl (C=O) groups is 2. The van der Waals surface area contributed by atoms with E-state index in [-0.39, 0.29) is 35.8 Å². The monoisotopic (exact) mass is 304 g/mol. The predicted octanol–water partition coefficient (Wildman–Crippen LogP) is 1.07. The first-order chi connectivity index (χ1) is 10.4. The minimum Gasteiger partial charge on any atom is -0.508 e. The summed E-state index contributed by atoms with van der Waals surface area (Å²) in [4.78, 5) is 27.3. The van der Waals surface area contributed by atoms with Crippen LogP contribution in [0.4, 0.5) is 9.59 Å². The SMILES string of the molecule is CC1NC(=O)N(C)C2NC(=O)N(C)C(c3ccccc3O)C12. The Bertz CT molecular complexity index is 621. The standard InChI is InChI=1S/C15H20N4O3/c1-8-11-12(9-6-4-5-7-10(9)20)18(2)15(22)17-13(11)19(3)14(21)16-8/h4-8,11-13,20H,1-3H3,(H,16,21)(H,17,22). The van der Waals surface area contributed by atoms with E-state index >= 15 is 0 Å². The van der Waals surface area contributed by atoms with E-state index in [1.807, 2.05) is 19.1 Å². The number of phenolic OH excluding ortho intramolecular Hbond substituents is 1. The molecule has 0 radical (unpaired) electrons. The van der Waals surface area contributed by atoms with E-state index in [9.17, 15) is 14.7 Å². The summed E-state index contributed by atoms with van der Waals surface area (Å²) in [7, 11) is 3.36. The quantitative estimate of drug-likeness (QED) is 0.725. The summed E-state index contributed by atoms with van der Waals surface area (Å²) in [6.07, 6.45) is -0.406. The Kier molecular flexibility index (Phi) is 3.35. The van der Waals surface area contributed by atoms with Crippen molar-refractivity contribution in [3.63, 3.8) is 0 Å². The third kappa shape index (κ3) is 2.04. The molecule has 4 unspecified atom stereocenters. The van der Waals surface area contributed by atoms with Crippen LogP contribution in [-0.2, 0) is 0 Å². The second kappa shape index (κ2) is 5.08. The maximum absolute atomic E-state index is 12.3. The fourth-order valence-corrected chi connectivity index (χ4v) is 3.46. The number of phenols is 1. The number of fused-ring (bicyclic) bond motifs is 1. The molecule has 2 aliphatic rings. The van der Waals surface area contributed by atoms with Gasteiger partial charge in [0.05, 0.1) is 6.04 Å². The third-order valence-corrected chi connectivity index (χ3v) is 4.66. The van der Waals surface area contributed by atoms with Crippen LogP contribution in [-0.4, -0.2) is 53.3 Å². The molecule has 0 saturated carbocycles. The second-order valence-corrected chi connectivity index (χ2v) is 5.94. The van der Waals surface area contributed by atoms with Crippen LogP contribution < -0.4 is 10.6 Å². The van der Waals surface area contributed by atoms with Crippen LogP contribution in [0.5, 0.6) is 5.75 Å². The molecule has 1 aromatic rings. The van der Waals surface area contributed by atoms with Crippen LogP contribution in [0.2, 0.25) is 0 Å². The number of carbonyl (C=O) groups excluding carboxylic acids is 2. The molecule has 1 aromatic carbocycles. The molecule has 22 heavy (non-hydrogen) atoms. The van der Waals surface area contributed by atoms with Gasteiger partial charge in [0.15, 0.2) is 0 Å². The van der Waals surface area contributed by atoms with Crippen molar-refractivity contribution in [1.29, 1.82) is 0 Å². The zero-order valence-electron chi connectivity index (χ0n) is 12.8. The maximum atomic E-state index is 12.3. The molecule has 0 bridgehead atoms. The average molecular weight is 304 g/mol. The Balaban J connectivity index is 2.08. The molecule has 7 nitrogen and oxygen atoms in total. The van der Waals surface area contributed by atoms with E-state index in [0.29, 0.717) is 5.56 Å². The summed E-state index contributed by atoms with van der Waals surface area (Å²) in [6, 6.07) is 6.07. The van der Waals surface area contributed by atoms with Gasteiger partial charge in [0.2, 0.25) is 0 Å². The molecule has 0 aromatic heterocycles. The van der Waals surface area contributed by atoms with Gasteiger partial charge in [0, 0.05) is 31.6 Å². The number of benzene rings is 1. The lowest BCUT2D eigenvalue weighted by Crippen LogP contribution is -2.71. The highest BCUT2D eigenvalue weighted by molar-refractivity contribution is 5.80. The number of rotatable bonds is 1. The minimum atomic E-state index is -0.406. The van der Waals surface area contributed by atoms with Gasteiger partial charge in [-0.2, -0.15) is 0 Å². The number of urea groups is 2. The van der Waals surface area contributed by atoms with Crippen molar-refractivity contribution in [2.75, 3.05) is 14.1 Å². The number of hydrogen-bond donors (Lipinski definition) is 3. The maximum Gasteiger partial charge on any atom is 0.319 e. The highest BCUT2D eigenvalue weighted by atomic mass is 16.3. The minimum absolute atomic E-state index is 0.0845. The van der Waals surface area contributed by atoms with E-state index in [1.54, 1.807) is 31.1 Å². The predicted molar refractivity (Wildman–Crippen MR) is 80.2 cm³/mol. The number of hydrogen-bond acceptors (Lipinski definition) is 3. The van der Waals surface area contributed by atoms with Crippen molar-refractivity contribution < 1.29 is 14.7 Å². The summed E-state index contributed by atoms with van der Waals surface area (Å²) >= 11 is 0. The van der Waals surface area contributed by atoms with Crippen molar-refractivity contribution in [3.8, 4) is 5.75 Å². The summed E-state index contributed by atoms with van der Waals surface area (Å²) in [6.45, 7) is 1.92.